The number of fused-ring (bicyclic) bond motifs is 5. The fourth-order valence-corrected chi connectivity index (χ4v) is 5.87. The van der Waals surface area contributed by atoms with Gasteiger partial charge in [-0.15, -0.1) is 0 Å². The summed E-state index contributed by atoms with van der Waals surface area (Å²) in [6, 6.07) is 7.88. The van der Waals surface area contributed by atoms with Crippen molar-refractivity contribution in [3.63, 3.8) is 0 Å². The van der Waals surface area contributed by atoms with E-state index in [2.05, 4.69) is 33.4 Å². The van der Waals surface area contributed by atoms with Crippen LogP contribution >= 0.6 is 12.6 Å². The Kier molecular flexibility index (Phi) is 3.96. The van der Waals surface area contributed by atoms with E-state index < -0.39 is 6.09 Å². The summed E-state index contributed by atoms with van der Waals surface area (Å²) in [5, 5.41) is -0.227. The molecule has 1 aromatic carbocycles. The van der Waals surface area contributed by atoms with Crippen LogP contribution in [0.15, 0.2) is 24.3 Å². The van der Waals surface area contributed by atoms with Crippen molar-refractivity contribution in [1.29, 1.82) is 0 Å². The molecule has 3 fully saturated rings. The molecular weight excluding hydrogens is 346 g/mol. The van der Waals surface area contributed by atoms with Crippen molar-refractivity contribution >= 4 is 24.6 Å². The molecule has 1 heterocycles. The van der Waals surface area contributed by atoms with Gasteiger partial charge >= 0.3 is 6.09 Å². The van der Waals surface area contributed by atoms with Crippen LogP contribution in [-0.2, 0) is 9.53 Å². The molecule has 0 aromatic heterocycles. The van der Waals surface area contributed by atoms with Crippen LogP contribution < -0.4 is 0 Å². The van der Waals surface area contributed by atoms with Gasteiger partial charge in [0.05, 0.1) is 6.04 Å². The van der Waals surface area contributed by atoms with Crippen LogP contribution in [-0.4, -0.2) is 29.0 Å². The molecule has 0 radical (unpaired) electrons. The first kappa shape index (κ1) is 17.9. The molecule has 140 valence electrons. The van der Waals surface area contributed by atoms with Crippen molar-refractivity contribution in [2.45, 2.75) is 64.4 Å². The highest BCUT2D eigenvalue weighted by Crippen LogP contribution is 2.68. The average molecular weight is 374 g/mol. The number of hydrogen-bond donors (Lipinski definition) is 1. The molecule has 5 atom stereocenters. The number of hydrogen-bond acceptors (Lipinski definition) is 4. The van der Waals surface area contributed by atoms with E-state index in [4.69, 9.17) is 4.74 Å². The zero-order valence-electron chi connectivity index (χ0n) is 15.9. The normalized spacial score (nSPS) is 35.3. The minimum atomic E-state index is -0.469. The molecule has 2 aliphatic carbocycles. The first-order valence-electron chi connectivity index (χ1n) is 9.44. The summed E-state index contributed by atoms with van der Waals surface area (Å²) in [4.78, 5) is 27.0. The lowest BCUT2D eigenvalue weighted by molar-refractivity contribution is -0.131. The zero-order valence-corrected chi connectivity index (χ0v) is 16.8. The second-order valence-corrected chi connectivity index (χ2v) is 9.60. The highest BCUT2D eigenvalue weighted by atomic mass is 32.1. The molecule has 4 nitrogen and oxygen atoms in total. The number of rotatable bonds is 3. The smallest absolute Gasteiger partial charge is 0.417 e. The number of amides is 2. The van der Waals surface area contributed by atoms with Gasteiger partial charge in [-0.2, -0.15) is 12.6 Å². The summed E-state index contributed by atoms with van der Waals surface area (Å²) in [6.07, 6.45) is 1.68. The summed E-state index contributed by atoms with van der Waals surface area (Å²) in [7, 11) is 0. The predicted molar refractivity (Wildman–Crippen MR) is 103 cm³/mol. The monoisotopic (exact) mass is 373 g/mol. The lowest BCUT2D eigenvalue weighted by Gasteiger charge is -2.40. The Morgan fingerprint density at radius 1 is 1.31 bits per heavy atom. The van der Waals surface area contributed by atoms with Crippen LogP contribution in [0.3, 0.4) is 0 Å². The fourth-order valence-electron chi connectivity index (χ4n) is 5.54. The van der Waals surface area contributed by atoms with E-state index in [0.29, 0.717) is 5.92 Å². The Labute approximate surface area is 160 Å². The number of benzene rings is 1. The van der Waals surface area contributed by atoms with Crippen molar-refractivity contribution in [3.8, 4) is 0 Å². The highest BCUT2D eigenvalue weighted by Gasteiger charge is 2.72. The lowest BCUT2D eigenvalue weighted by atomic mass is 9.69. The molecule has 2 saturated carbocycles. The van der Waals surface area contributed by atoms with Crippen molar-refractivity contribution in [1.82, 2.24) is 4.90 Å². The molecular formula is C21H27NO3S. The van der Waals surface area contributed by atoms with E-state index in [-0.39, 0.29) is 40.6 Å². The third-order valence-electron chi connectivity index (χ3n) is 7.54. The van der Waals surface area contributed by atoms with E-state index >= 15 is 0 Å². The molecule has 0 spiro atoms. The van der Waals surface area contributed by atoms with Crippen molar-refractivity contribution in [2.24, 2.45) is 16.7 Å². The van der Waals surface area contributed by atoms with Gasteiger partial charge in [0.2, 0.25) is 5.91 Å². The van der Waals surface area contributed by atoms with Gasteiger partial charge in [-0.1, -0.05) is 50.6 Å². The Hall–Kier alpha value is -1.49. The minimum Gasteiger partial charge on any atom is -0.443 e. The standard InChI is InChI=1S/C21H27NO3S/c1-12-5-7-13(8-6-12)15(26)11-16(23)22-18-17(25-19(22)24)14-9-10-21(18,4)20(14,2)3/h5-8,14-15,17-18,26H,9-11H2,1-4H3/t14?,15-,17+,18+,21-/m0/s1. The predicted octanol–water partition coefficient (Wildman–Crippen LogP) is 4.53. The number of carbonyl (C=O) groups is 2. The topological polar surface area (TPSA) is 46.6 Å². The molecule has 1 unspecified atom stereocenters. The van der Waals surface area contributed by atoms with E-state index in [9.17, 15) is 9.59 Å². The van der Waals surface area contributed by atoms with E-state index in [1.165, 1.54) is 10.5 Å². The minimum absolute atomic E-state index is 0.0683. The third kappa shape index (κ3) is 2.29. The summed E-state index contributed by atoms with van der Waals surface area (Å²) in [5.41, 5.74) is 2.15. The van der Waals surface area contributed by atoms with E-state index in [1.807, 2.05) is 31.2 Å². The summed E-state index contributed by atoms with van der Waals surface area (Å²) >= 11 is 4.62. The Balaban J connectivity index is 1.56. The number of nitrogens with zero attached hydrogens (tertiary/aromatic N) is 1. The maximum absolute atomic E-state index is 13.1. The van der Waals surface area contributed by atoms with Crippen molar-refractivity contribution < 1.29 is 14.3 Å². The molecule has 0 N–H and O–H groups in total. The molecule has 5 heteroatoms. The maximum Gasteiger partial charge on any atom is 0.417 e. The van der Waals surface area contributed by atoms with Gasteiger partial charge in [-0.05, 0) is 36.2 Å². The fraction of sp³-hybridized carbons (Fsp3) is 0.619. The lowest BCUT2D eigenvalue weighted by Crippen LogP contribution is -2.50. The van der Waals surface area contributed by atoms with Gasteiger partial charge in [-0.3, -0.25) is 4.79 Å². The van der Waals surface area contributed by atoms with Crippen LogP contribution in [0.25, 0.3) is 0 Å². The van der Waals surface area contributed by atoms with Crippen LogP contribution in [0.2, 0.25) is 0 Å². The SMILES string of the molecule is Cc1ccc([C@@H](S)CC(=O)N2C(=O)O[C@@H]3C4CC[C@@](C)([C@@H]32)C4(C)C)cc1. The van der Waals surface area contributed by atoms with E-state index in [1.54, 1.807) is 0 Å². The number of carbonyl (C=O) groups excluding carboxylic acids is 2. The average Bonchev–Trinajstić information content (AvgIpc) is 3.08. The number of aryl methyl sites for hydroxylation is 1. The molecule has 3 aliphatic rings. The van der Waals surface area contributed by atoms with Gasteiger partial charge in [-0.25, -0.2) is 9.69 Å². The van der Waals surface area contributed by atoms with E-state index in [0.717, 1.165) is 18.4 Å². The molecule has 2 bridgehead atoms. The summed E-state index contributed by atoms with van der Waals surface area (Å²) in [5.74, 6) is 0.163. The van der Waals surface area contributed by atoms with Gasteiger partial charge in [0, 0.05) is 17.6 Å². The van der Waals surface area contributed by atoms with Gasteiger partial charge in [0.25, 0.3) is 0 Å². The third-order valence-corrected chi connectivity index (χ3v) is 8.03. The summed E-state index contributed by atoms with van der Waals surface area (Å²) < 4.78 is 5.70. The molecule has 4 rings (SSSR count). The molecule has 26 heavy (non-hydrogen) atoms. The van der Waals surface area contributed by atoms with Crippen LogP contribution in [0.1, 0.15) is 56.4 Å². The largest absolute Gasteiger partial charge is 0.443 e. The van der Waals surface area contributed by atoms with Gasteiger partial charge in [0.1, 0.15) is 6.10 Å². The molecule has 1 aliphatic heterocycles. The van der Waals surface area contributed by atoms with Crippen molar-refractivity contribution in [2.75, 3.05) is 0 Å². The first-order chi connectivity index (χ1) is 12.2. The molecule has 2 amide bonds. The second-order valence-electron chi connectivity index (χ2n) is 8.97. The number of imide groups is 1. The highest BCUT2D eigenvalue weighted by molar-refractivity contribution is 7.80. The van der Waals surface area contributed by atoms with Gasteiger partial charge < -0.3 is 4.74 Å². The number of ether oxygens (including phenoxy) is 1. The first-order valence-corrected chi connectivity index (χ1v) is 9.96. The van der Waals surface area contributed by atoms with Gasteiger partial charge in [0.15, 0.2) is 0 Å². The zero-order chi connectivity index (χ0) is 18.9. The molecule has 1 saturated heterocycles. The molecule has 1 aromatic rings. The summed E-state index contributed by atoms with van der Waals surface area (Å²) in [6.45, 7) is 8.76. The maximum atomic E-state index is 13.1. The Morgan fingerprint density at radius 2 is 1.96 bits per heavy atom. The number of thiol groups is 1. The van der Waals surface area contributed by atoms with Crippen LogP contribution in [0, 0.1) is 23.7 Å². The Morgan fingerprint density at radius 3 is 2.62 bits per heavy atom. The van der Waals surface area contributed by atoms with Crippen molar-refractivity contribution in [3.05, 3.63) is 35.4 Å². The van der Waals surface area contributed by atoms with Crippen LogP contribution in [0.4, 0.5) is 4.79 Å². The quantitative estimate of drug-likeness (QED) is 0.792. The van der Waals surface area contributed by atoms with Crippen LogP contribution in [0.5, 0.6) is 0 Å². The second kappa shape index (κ2) is 5.75. The Bertz CT molecular complexity index is 759.